The Morgan fingerprint density at radius 2 is 1.93 bits per heavy atom. The van der Waals surface area contributed by atoms with E-state index in [1.165, 1.54) is 11.1 Å². The van der Waals surface area contributed by atoms with Crippen LogP contribution in [0, 0.1) is 0 Å². The molecule has 0 unspecified atom stereocenters. The smallest absolute Gasteiger partial charge is 0.294 e. The zero-order chi connectivity index (χ0) is 20.7. The molecule has 0 saturated heterocycles. The number of aromatic amines is 1. The number of H-pyrrole nitrogens is 1. The summed E-state index contributed by atoms with van der Waals surface area (Å²) >= 11 is 0. The summed E-state index contributed by atoms with van der Waals surface area (Å²) in [6, 6.07) is 5.78. The zero-order valence-electron chi connectivity index (χ0n) is 17.8. The molecule has 2 N–H and O–H groups in total. The van der Waals surface area contributed by atoms with E-state index in [1.54, 1.807) is 0 Å². The molecule has 1 aromatic heterocycles. The van der Waals surface area contributed by atoms with Crippen LogP contribution in [0.4, 0.5) is 5.69 Å². The molecule has 0 bridgehead atoms. The predicted molar refractivity (Wildman–Crippen MR) is 118 cm³/mol. The second-order valence-electron chi connectivity index (χ2n) is 7.47. The predicted octanol–water partition coefficient (Wildman–Crippen LogP) is 5.43. The Balaban J connectivity index is 2.31. The summed E-state index contributed by atoms with van der Waals surface area (Å²) in [5.74, 6) is 0.721. The van der Waals surface area contributed by atoms with Gasteiger partial charge in [-0.05, 0) is 71.7 Å². The number of ether oxygens (including phenoxy) is 2. The van der Waals surface area contributed by atoms with Crippen LogP contribution in [0.3, 0.4) is 0 Å². The number of benzene rings is 1. The van der Waals surface area contributed by atoms with Crippen molar-refractivity contribution in [1.82, 2.24) is 4.98 Å². The molecule has 2 aromatic rings. The highest BCUT2D eigenvalue weighted by Gasteiger charge is 2.17. The van der Waals surface area contributed by atoms with Gasteiger partial charge in [-0.1, -0.05) is 17.2 Å². The Morgan fingerprint density at radius 3 is 2.57 bits per heavy atom. The van der Waals surface area contributed by atoms with Crippen molar-refractivity contribution in [2.75, 3.05) is 19.0 Å². The first-order valence-corrected chi connectivity index (χ1v) is 9.78. The first kappa shape index (κ1) is 21.6. The number of aromatic nitrogens is 1. The van der Waals surface area contributed by atoms with E-state index >= 15 is 0 Å². The van der Waals surface area contributed by atoms with Crippen LogP contribution in [0.25, 0.3) is 10.9 Å². The molecule has 5 nitrogen and oxygen atoms in total. The minimum atomic E-state index is -0.284. The molecule has 0 amide bonds. The summed E-state index contributed by atoms with van der Waals surface area (Å²) in [4.78, 5) is 15.5. The van der Waals surface area contributed by atoms with Crippen molar-refractivity contribution >= 4 is 16.6 Å². The standard InChI is InChI=1S/C23H32N2O3/c1-15(2)8-7-9-17(5)12-13-27-21-19-11-10-18(24-6)14-20(19)25-23(26)22(21)28-16(3)4/h8,10-12,14,16,24H,7,9,13H2,1-6H3,(H,25,26)/b17-12+. The van der Waals surface area contributed by atoms with Crippen molar-refractivity contribution in [2.45, 2.75) is 53.6 Å². The number of hydrogen-bond donors (Lipinski definition) is 2. The van der Waals surface area contributed by atoms with Gasteiger partial charge in [0.15, 0.2) is 5.75 Å². The average Bonchev–Trinajstić information content (AvgIpc) is 2.63. The van der Waals surface area contributed by atoms with E-state index in [1.807, 2.05) is 39.1 Å². The molecule has 0 saturated carbocycles. The van der Waals surface area contributed by atoms with Crippen molar-refractivity contribution in [3.63, 3.8) is 0 Å². The van der Waals surface area contributed by atoms with Gasteiger partial charge in [-0.3, -0.25) is 4.79 Å². The van der Waals surface area contributed by atoms with Gasteiger partial charge in [0.25, 0.3) is 5.56 Å². The van der Waals surface area contributed by atoms with Gasteiger partial charge in [-0.25, -0.2) is 0 Å². The molecule has 0 atom stereocenters. The Kier molecular flexibility index (Phi) is 7.73. The highest BCUT2D eigenvalue weighted by Crippen LogP contribution is 2.33. The van der Waals surface area contributed by atoms with Crippen LogP contribution in [0.1, 0.15) is 47.5 Å². The van der Waals surface area contributed by atoms with E-state index in [4.69, 9.17) is 9.47 Å². The Bertz CT molecular complexity index is 919. The van der Waals surface area contributed by atoms with Crippen LogP contribution >= 0.6 is 0 Å². The Labute approximate surface area is 167 Å². The molecule has 28 heavy (non-hydrogen) atoms. The van der Waals surface area contributed by atoms with E-state index < -0.39 is 0 Å². The topological polar surface area (TPSA) is 63.4 Å². The third kappa shape index (κ3) is 5.91. The van der Waals surface area contributed by atoms with Crippen LogP contribution in [-0.4, -0.2) is 24.7 Å². The highest BCUT2D eigenvalue weighted by molar-refractivity contribution is 5.89. The monoisotopic (exact) mass is 384 g/mol. The minimum Gasteiger partial charge on any atom is -0.485 e. The van der Waals surface area contributed by atoms with Gasteiger partial charge in [-0.15, -0.1) is 0 Å². The van der Waals surface area contributed by atoms with E-state index in [9.17, 15) is 4.79 Å². The molecule has 2 rings (SSSR count). The fourth-order valence-electron chi connectivity index (χ4n) is 2.85. The maximum Gasteiger partial charge on any atom is 0.294 e. The van der Waals surface area contributed by atoms with Gasteiger partial charge in [0.05, 0.1) is 11.6 Å². The lowest BCUT2D eigenvalue weighted by Gasteiger charge is -2.16. The number of allylic oxidation sites excluding steroid dienone is 3. The summed E-state index contributed by atoms with van der Waals surface area (Å²) in [5.41, 5.74) is 3.94. The lowest BCUT2D eigenvalue weighted by molar-refractivity contribution is 0.224. The Morgan fingerprint density at radius 1 is 1.18 bits per heavy atom. The number of pyridine rings is 1. The first-order chi connectivity index (χ1) is 13.3. The molecule has 0 spiro atoms. The normalized spacial score (nSPS) is 11.6. The van der Waals surface area contributed by atoms with Crippen LogP contribution in [0.5, 0.6) is 11.5 Å². The van der Waals surface area contributed by atoms with Gasteiger partial charge < -0.3 is 19.8 Å². The quantitative estimate of drug-likeness (QED) is 0.566. The molecule has 0 radical (unpaired) electrons. The lowest BCUT2D eigenvalue weighted by atomic mass is 10.1. The van der Waals surface area contributed by atoms with Gasteiger partial charge >= 0.3 is 0 Å². The molecule has 0 fully saturated rings. The summed E-state index contributed by atoms with van der Waals surface area (Å²) in [5, 5.41) is 3.91. The van der Waals surface area contributed by atoms with Crippen LogP contribution < -0.4 is 20.3 Å². The fourth-order valence-corrected chi connectivity index (χ4v) is 2.85. The second-order valence-corrected chi connectivity index (χ2v) is 7.47. The van der Waals surface area contributed by atoms with Crippen molar-refractivity contribution < 1.29 is 9.47 Å². The van der Waals surface area contributed by atoms with E-state index in [0.717, 1.165) is 23.9 Å². The summed E-state index contributed by atoms with van der Waals surface area (Å²) in [6.45, 7) is 10.5. The number of rotatable bonds is 9. The van der Waals surface area contributed by atoms with E-state index in [-0.39, 0.29) is 17.4 Å². The number of fused-ring (bicyclic) bond motifs is 1. The van der Waals surface area contributed by atoms with Crippen LogP contribution in [-0.2, 0) is 0 Å². The van der Waals surface area contributed by atoms with Gasteiger partial charge in [0.1, 0.15) is 6.61 Å². The molecule has 0 aliphatic rings. The third-order valence-electron chi connectivity index (χ3n) is 4.32. The Hall–Kier alpha value is -2.69. The van der Waals surface area contributed by atoms with Crippen molar-refractivity contribution in [1.29, 1.82) is 0 Å². The molecule has 0 aliphatic heterocycles. The van der Waals surface area contributed by atoms with Crippen LogP contribution in [0.15, 0.2) is 46.3 Å². The maximum absolute atomic E-state index is 12.6. The summed E-state index contributed by atoms with van der Waals surface area (Å²) in [7, 11) is 1.84. The minimum absolute atomic E-state index is 0.126. The highest BCUT2D eigenvalue weighted by atomic mass is 16.5. The van der Waals surface area contributed by atoms with Crippen molar-refractivity contribution in [2.24, 2.45) is 0 Å². The number of hydrogen-bond acceptors (Lipinski definition) is 4. The van der Waals surface area contributed by atoms with Crippen LogP contribution in [0.2, 0.25) is 0 Å². The third-order valence-corrected chi connectivity index (χ3v) is 4.32. The van der Waals surface area contributed by atoms with E-state index in [2.05, 4.69) is 43.2 Å². The fraction of sp³-hybridized carbons (Fsp3) is 0.435. The van der Waals surface area contributed by atoms with Gasteiger partial charge in [-0.2, -0.15) is 0 Å². The molecular formula is C23H32N2O3. The average molecular weight is 385 g/mol. The summed E-state index contributed by atoms with van der Waals surface area (Å²) < 4.78 is 11.8. The van der Waals surface area contributed by atoms with Gasteiger partial charge in [0.2, 0.25) is 5.75 Å². The molecule has 5 heteroatoms. The SMILES string of the molecule is CNc1ccc2c(OC/C=C(\C)CCC=C(C)C)c(OC(C)C)c(=O)[nH]c2c1. The molecule has 1 heterocycles. The second kappa shape index (κ2) is 10.0. The number of nitrogens with one attached hydrogen (secondary N) is 2. The summed E-state index contributed by atoms with van der Waals surface area (Å²) in [6.07, 6.45) is 6.18. The van der Waals surface area contributed by atoms with E-state index in [0.29, 0.717) is 17.9 Å². The molecule has 152 valence electrons. The zero-order valence-corrected chi connectivity index (χ0v) is 17.8. The first-order valence-electron chi connectivity index (χ1n) is 9.78. The number of anilines is 1. The van der Waals surface area contributed by atoms with Crippen molar-refractivity contribution in [3.05, 3.63) is 51.9 Å². The molecule has 0 aliphatic carbocycles. The maximum atomic E-state index is 12.6. The molecular weight excluding hydrogens is 352 g/mol. The molecule has 1 aromatic carbocycles. The van der Waals surface area contributed by atoms with Gasteiger partial charge in [0, 0.05) is 18.1 Å². The lowest BCUT2D eigenvalue weighted by Crippen LogP contribution is -2.18. The largest absolute Gasteiger partial charge is 0.485 e. The van der Waals surface area contributed by atoms with Crippen molar-refractivity contribution in [3.8, 4) is 11.5 Å².